The zero-order valence-corrected chi connectivity index (χ0v) is 15.7. The summed E-state index contributed by atoms with van der Waals surface area (Å²) in [6.07, 6.45) is 7.84. The van der Waals surface area contributed by atoms with Crippen LogP contribution in [0.25, 0.3) is 11.4 Å². The highest BCUT2D eigenvalue weighted by Gasteiger charge is 2.12. The van der Waals surface area contributed by atoms with Crippen molar-refractivity contribution >= 4 is 17.3 Å². The van der Waals surface area contributed by atoms with Crippen molar-refractivity contribution in [1.82, 2.24) is 15.1 Å². The molecule has 1 fully saturated rings. The summed E-state index contributed by atoms with van der Waals surface area (Å²) < 4.78 is 5.24. The summed E-state index contributed by atoms with van der Waals surface area (Å²) in [6.45, 7) is 2.22. The second-order valence-electron chi connectivity index (χ2n) is 6.89. The summed E-state index contributed by atoms with van der Waals surface area (Å²) in [5, 5.41) is 6.88. The first-order chi connectivity index (χ1) is 13.8. The van der Waals surface area contributed by atoms with E-state index in [4.69, 9.17) is 4.52 Å². The predicted molar refractivity (Wildman–Crippen MR) is 107 cm³/mol. The molecule has 1 aliphatic rings. The minimum absolute atomic E-state index is 0.0746. The fraction of sp³-hybridized carbons (Fsp3) is 0.333. The Morgan fingerprint density at radius 3 is 2.54 bits per heavy atom. The van der Waals surface area contributed by atoms with Gasteiger partial charge < -0.3 is 14.7 Å². The van der Waals surface area contributed by atoms with Crippen LogP contribution < -0.4 is 10.2 Å². The molecule has 0 aliphatic carbocycles. The number of anilines is 2. The SMILES string of the molecule is O=C(CCc1nc(-c2ccncc2)no1)Nc1ccc(N2CCCCC2)cc1. The van der Waals surface area contributed by atoms with Crippen molar-refractivity contribution in [3.63, 3.8) is 0 Å². The summed E-state index contributed by atoms with van der Waals surface area (Å²) in [6, 6.07) is 11.7. The number of nitrogens with zero attached hydrogens (tertiary/aromatic N) is 4. The number of hydrogen-bond acceptors (Lipinski definition) is 6. The maximum absolute atomic E-state index is 12.2. The first kappa shape index (κ1) is 18.2. The Morgan fingerprint density at radius 1 is 1.04 bits per heavy atom. The van der Waals surface area contributed by atoms with Crippen LogP contribution in [0.5, 0.6) is 0 Å². The van der Waals surface area contributed by atoms with Crippen LogP contribution in [-0.4, -0.2) is 34.1 Å². The minimum Gasteiger partial charge on any atom is -0.372 e. The third-order valence-corrected chi connectivity index (χ3v) is 4.84. The smallest absolute Gasteiger partial charge is 0.227 e. The highest BCUT2D eigenvalue weighted by Crippen LogP contribution is 2.22. The maximum Gasteiger partial charge on any atom is 0.227 e. The molecule has 0 unspecified atom stereocenters. The lowest BCUT2D eigenvalue weighted by atomic mass is 10.1. The molecule has 144 valence electrons. The molecule has 0 saturated carbocycles. The third-order valence-electron chi connectivity index (χ3n) is 4.84. The summed E-state index contributed by atoms with van der Waals surface area (Å²) in [7, 11) is 0. The molecule has 0 atom stereocenters. The number of piperidine rings is 1. The number of benzene rings is 1. The molecule has 2 aromatic heterocycles. The normalized spacial score (nSPS) is 14.1. The van der Waals surface area contributed by atoms with Crippen molar-refractivity contribution in [2.24, 2.45) is 0 Å². The quantitative estimate of drug-likeness (QED) is 0.705. The molecule has 0 radical (unpaired) electrons. The zero-order valence-electron chi connectivity index (χ0n) is 15.7. The van der Waals surface area contributed by atoms with Crippen molar-refractivity contribution in [2.45, 2.75) is 32.1 Å². The van der Waals surface area contributed by atoms with Gasteiger partial charge in [-0.15, -0.1) is 0 Å². The summed E-state index contributed by atoms with van der Waals surface area (Å²) in [5.41, 5.74) is 2.85. The largest absolute Gasteiger partial charge is 0.372 e. The predicted octanol–water partition coefficient (Wildman–Crippen LogP) is 3.69. The third kappa shape index (κ3) is 4.54. The lowest BCUT2D eigenvalue weighted by Gasteiger charge is -2.28. The number of amides is 1. The van der Waals surface area contributed by atoms with E-state index in [1.165, 1.54) is 24.9 Å². The molecule has 3 heterocycles. The molecule has 1 N–H and O–H groups in total. The monoisotopic (exact) mass is 377 g/mol. The van der Waals surface area contributed by atoms with E-state index in [1.807, 2.05) is 24.3 Å². The average Bonchev–Trinajstić information content (AvgIpc) is 3.23. The Kier molecular flexibility index (Phi) is 5.61. The molecule has 1 aromatic carbocycles. The van der Waals surface area contributed by atoms with Gasteiger partial charge in [-0.2, -0.15) is 4.98 Å². The number of pyridine rings is 1. The van der Waals surface area contributed by atoms with Crippen molar-refractivity contribution in [3.8, 4) is 11.4 Å². The Labute approximate surface area is 163 Å². The number of aryl methyl sites for hydroxylation is 1. The van der Waals surface area contributed by atoms with Crippen LogP contribution in [0.2, 0.25) is 0 Å². The van der Waals surface area contributed by atoms with Gasteiger partial charge in [0.25, 0.3) is 0 Å². The zero-order chi connectivity index (χ0) is 19.2. The molecule has 28 heavy (non-hydrogen) atoms. The van der Waals surface area contributed by atoms with Crippen molar-refractivity contribution < 1.29 is 9.32 Å². The van der Waals surface area contributed by atoms with E-state index in [2.05, 4.69) is 37.5 Å². The van der Waals surface area contributed by atoms with Gasteiger partial charge in [0.15, 0.2) is 0 Å². The molecule has 3 aromatic rings. The van der Waals surface area contributed by atoms with Crippen LogP contribution in [0.4, 0.5) is 11.4 Å². The molecule has 1 aliphatic heterocycles. The highest BCUT2D eigenvalue weighted by atomic mass is 16.5. The topological polar surface area (TPSA) is 84.1 Å². The second kappa shape index (κ2) is 8.65. The van der Waals surface area contributed by atoms with Crippen LogP contribution >= 0.6 is 0 Å². The minimum atomic E-state index is -0.0746. The van der Waals surface area contributed by atoms with Crippen LogP contribution in [-0.2, 0) is 11.2 Å². The number of nitrogens with one attached hydrogen (secondary N) is 1. The van der Waals surface area contributed by atoms with Gasteiger partial charge in [0, 0.05) is 55.3 Å². The molecule has 1 amide bonds. The molecule has 0 spiro atoms. The molecule has 4 rings (SSSR count). The van der Waals surface area contributed by atoms with E-state index in [1.54, 1.807) is 12.4 Å². The molecule has 0 bridgehead atoms. The fourth-order valence-corrected chi connectivity index (χ4v) is 3.33. The van der Waals surface area contributed by atoms with E-state index in [0.717, 1.165) is 24.3 Å². The van der Waals surface area contributed by atoms with Crippen molar-refractivity contribution in [2.75, 3.05) is 23.3 Å². The molecule has 1 saturated heterocycles. The summed E-state index contributed by atoms with van der Waals surface area (Å²) in [5.74, 6) is 0.878. The fourth-order valence-electron chi connectivity index (χ4n) is 3.33. The van der Waals surface area contributed by atoms with Crippen LogP contribution in [0, 0.1) is 0 Å². The molecule has 7 heteroatoms. The molecular formula is C21H23N5O2. The second-order valence-corrected chi connectivity index (χ2v) is 6.89. The van der Waals surface area contributed by atoms with E-state index >= 15 is 0 Å². The van der Waals surface area contributed by atoms with E-state index in [-0.39, 0.29) is 12.3 Å². The van der Waals surface area contributed by atoms with Crippen LogP contribution in [0.3, 0.4) is 0 Å². The number of rotatable bonds is 6. The van der Waals surface area contributed by atoms with Gasteiger partial charge in [0.2, 0.25) is 17.6 Å². The van der Waals surface area contributed by atoms with Gasteiger partial charge in [-0.1, -0.05) is 5.16 Å². The van der Waals surface area contributed by atoms with E-state index in [0.29, 0.717) is 18.1 Å². The van der Waals surface area contributed by atoms with Gasteiger partial charge in [0.05, 0.1) is 0 Å². The van der Waals surface area contributed by atoms with Gasteiger partial charge in [0.1, 0.15) is 0 Å². The van der Waals surface area contributed by atoms with Crippen molar-refractivity contribution in [3.05, 3.63) is 54.7 Å². The first-order valence-corrected chi connectivity index (χ1v) is 9.66. The molecular weight excluding hydrogens is 354 g/mol. The Morgan fingerprint density at radius 2 is 1.79 bits per heavy atom. The average molecular weight is 377 g/mol. The van der Waals surface area contributed by atoms with E-state index < -0.39 is 0 Å². The highest BCUT2D eigenvalue weighted by molar-refractivity contribution is 5.90. The number of hydrogen-bond donors (Lipinski definition) is 1. The summed E-state index contributed by atoms with van der Waals surface area (Å²) in [4.78, 5) is 22.9. The lowest BCUT2D eigenvalue weighted by molar-refractivity contribution is -0.116. The first-order valence-electron chi connectivity index (χ1n) is 9.66. The standard InChI is InChI=1S/C21H23N5O2/c27-19(8-9-20-24-21(25-28-20)16-10-12-22-13-11-16)23-17-4-6-18(7-5-17)26-14-2-1-3-15-26/h4-7,10-13H,1-3,8-9,14-15H2,(H,23,27). The summed E-state index contributed by atoms with van der Waals surface area (Å²) >= 11 is 0. The number of aromatic nitrogens is 3. The Balaban J connectivity index is 1.28. The van der Waals surface area contributed by atoms with Crippen LogP contribution in [0.1, 0.15) is 31.6 Å². The van der Waals surface area contributed by atoms with E-state index in [9.17, 15) is 4.79 Å². The lowest BCUT2D eigenvalue weighted by Crippen LogP contribution is -2.29. The van der Waals surface area contributed by atoms with Gasteiger partial charge in [-0.25, -0.2) is 0 Å². The number of carbonyl (C=O) groups excluding carboxylic acids is 1. The Hall–Kier alpha value is -3.22. The number of carbonyl (C=O) groups is 1. The van der Waals surface area contributed by atoms with Crippen molar-refractivity contribution in [1.29, 1.82) is 0 Å². The van der Waals surface area contributed by atoms with Gasteiger partial charge >= 0.3 is 0 Å². The Bertz CT molecular complexity index is 902. The molecule has 7 nitrogen and oxygen atoms in total. The van der Waals surface area contributed by atoms with Crippen LogP contribution in [0.15, 0.2) is 53.3 Å². The maximum atomic E-state index is 12.2. The van der Waals surface area contributed by atoms with Gasteiger partial charge in [-0.3, -0.25) is 9.78 Å². The van der Waals surface area contributed by atoms with Gasteiger partial charge in [-0.05, 0) is 55.7 Å².